The molecule has 134 valence electrons. The van der Waals surface area contributed by atoms with Crippen LogP contribution in [0.5, 0.6) is 23.0 Å². The standard InChI is InChI=1S/C18H12Cl4N2O2/c19-13-14(20)16(22)18(26-12-6-2-4-10(24)8-12)17(15(13)21)25-11-5-1-3-9(23)7-11/h1-8H,23-24H2. The summed E-state index contributed by atoms with van der Waals surface area (Å²) in [6.07, 6.45) is 0. The number of ether oxygens (including phenoxy) is 2. The molecule has 0 saturated carbocycles. The third-order valence-electron chi connectivity index (χ3n) is 3.34. The van der Waals surface area contributed by atoms with Gasteiger partial charge in [0.15, 0.2) is 11.5 Å². The summed E-state index contributed by atoms with van der Waals surface area (Å²) < 4.78 is 11.7. The minimum Gasteiger partial charge on any atom is -0.452 e. The van der Waals surface area contributed by atoms with Gasteiger partial charge in [0, 0.05) is 23.5 Å². The van der Waals surface area contributed by atoms with Crippen LogP contribution in [0.3, 0.4) is 0 Å². The molecule has 0 radical (unpaired) electrons. The molecule has 4 N–H and O–H groups in total. The first kappa shape index (κ1) is 18.8. The van der Waals surface area contributed by atoms with Crippen molar-refractivity contribution in [3.05, 3.63) is 68.6 Å². The van der Waals surface area contributed by atoms with Crippen molar-refractivity contribution in [1.82, 2.24) is 0 Å². The molecule has 8 heteroatoms. The number of halogens is 4. The van der Waals surface area contributed by atoms with Crippen molar-refractivity contribution in [2.24, 2.45) is 0 Å². The molecule has 0 aliphatic heterocycles. The molecular formula is C18H12Cl4N2O2. The maximum absolute atomic E-state index is 6.33. The summed E-state index contributed by atoms with van der Waals surface area (Å²) in [6, 6.07) is 13.6. The van der Waals surface area contributed by atoms with Crippen molar-refractivity contribution in [3.63, 3.8) is 0 Å². The van der Waals surface area contributed by atoms with E-state index in [0.29, 0.717) is 22.9 Å². The van der Waals surface area contributed by atoms with E-state index in [9.17, 15) is 0 Å². The summed E-state index contributed by atoms with van der Waals surface area (Å²) in [4.78, 5) is 0. The molecule has 0 aliphatic rings. The van der Waals surface area contributed by atoms with E-state index in [0.717, 1.165) is 0 Å². The Bertz CT molecular complexity index is 901. The molecule has 0 spiro atoms. The molecule has 0 unspecified atom stereocenters. The lowest BCUT2D eigenvalue weighted by Crippen LogP contribution is -1.95. The van der Waals surface area contributed by atoms with Crippen LogP contribution in [0.25, 0.3) is 0 Å². The summed E-state index contributed by atoms with van der Waals surface area (Å²) in [6.45, 7) is 0. The molecule has 0 amide bonds. The van der Waals surface area contributed by atoms with Gasteiger partial charge >= 0.3 is 0 Å². The third kappa shape index (κ3) is 3.89. The Morgan fingerprint density at radius 2 is 0.962 bits per heavy atom. The van der Waals surface area contributed by atoms with E-state index < -0.39 is 0 Å². The topological polar surface area (TPSA) is 70.5 Å². The molecule has 3 rings (SSSR count). The van der Waals surface area contributed by atoms with Crippen LogP contribution in [0.4, 0.5) is 11.4 Å². The maximum Gasteiger partial charge on any atom is 0.191 e. The van der Waals surface area contributed by atoms with Gasteiger partial charge in [0.2, 0.25) is 0 Å². The van der Waals surface area contributed by atoms with E-state index in [1.807, 2.05) is 0 Å². The van der Waals surface area contributed by atoms with Crippen molar-refractivity contribution in [2.45, 2.75) is 0 Å². The molecule has 4 nitrogen and oxygen atoms in total. The second kappa shape index (κ2) is 7.72. The van der Waals surface area contributed by atoms with Crippen LogP contribution in [0.15, 0.2) is 48.5 Å². The van der Waals surface area contributed by atoms with E-state index in [-0.39, 0.29) is 31.6 Å². The average molecular weight is 430 g/mol. The molecule has 3 aromatic rings. The van der Waals surface area contributed by atoms with Gasteiger partial charge in [-0.1, -0.05) is 58.5 Å². The van der Waals surface area contributed by atoms with Crippen LogP contribution in [0, 0.1) is 0 Å². The van der Waals surface area contributed by atoms with Crippen LogP contribution < -0.4 is 20.9 Å². The Morgan fingerprint density at radius 3 is 1.31 bits per heavy atom. The highest BCUT2D eigenvalue weighted by Crippen LogP contribution is 2.52. The molecule has 0 fully saturated rings. The highest BCUT2D eigenvalue weighted by atomic mass is 35.5. The quantitative estimate of drug-likeness (QED) is 0.264. The molecule has 0 aromatic heterocycles. The monoisotopic (exact) mass is 428 g/mol. The summed E-state index contributed by atoms with van der Waals surface area (Å²) in [5, 5.41) is 0.221. The van der Waals surface area contributed by atoms with Crippen LogP contribution >= 0.6 is 46.4 Å². The van der Waals surface area contributed by atoms with Crippen LogP contribution in [-0.2, 0) is 0 Å². The smallest absolute Gasteiger partial charge is 0.191 e. The summed E-state index contributed by atoms with van der Waals surface area (Å²) in [5.74, 6) is 1.08. The summed E-state index contributed by atoms with van der Waals surface area (Å²) >= 11 is 25.0. The fourth-order valence-electron chi connectivity index (χ4n) is 2.17. The van der Waals surface area contributed by atoms with E-state index in [1.165, 1.54) is 0 Å². The first-order valence-electron chi connectivity index (χ1n) is 7.29. The fourth-order valence-corrected chi connectivity index (χ4v) is 3.06. The zero-order chi connectivity index (χ0) is 18.8. The van der Waals surface area contributed by atoms with Crippen molar-refractivity contribution < 1.29 is 9.47 Å². The van der Waals surface area contributed by atoms with Gasteiger partial charge in [-0.3, -0.25) is 0 Å². The third-order valence-corrected chi connectivity index (χ3v) is 5.11. The van der Waals surface area contributed by atoms with Gasteiger partial charge in [0.1, 0.15) is 21.5 Å². The zero-order valence-corrected chi connectivity index (χ0v) is 16.1. The Hall–Kier alpha value is -1.98. The fraction of sp³-hybridized carbons (Fsp3) is 0. The molecule has 3 aromatic carbocycles. The normalized spacial score (nSPS) is 10.6. The molecule has 0 saturated heterocycles. The summed E-state index contributed by atoms with van der Waals surface area (Å²) in [7, 11) is 0. The van der Waals surface area contributed by atoms with Crippen LogP contribution in [0.2, 0.25) is 20.1 Å². The van der Waals surface area contributed by atoms with Crippen molar-refractivity contribution in [3.8, 4) is 23.0 Å². The predicted octanol–water partition coefficient (Wildman–Crippen LogP) is 7.05. The number of benzene rings is 3. The molecule has 0 aliphatic carbocycles. The minimum atomic E-state index is 0.0529. The Morgan fingerprint density at radius 1 is 0.577 bits per heavy atom. The minimum absolute atomic E-state index is 0.0529. The highest BCUT2D eigenvalue weighted by Gasteiger charge is 2.24. The van der Waals surface area contributed by atoms with Crippen molar-refractivity contribution in [1.29, 1.82) is 0 Å². The van der Waals surface area contributed by atoms with Crippen molar-refractivity contribution in [2.75, 3.05) is 11.5 Å². The number of nitrogen functional groups attached to an aromatic ring is 2. The van der Waals surface area contributed by atoms with Crippen LogP contribution in [-0.4, -0.2) is 0 Å². The number of anilines is 2. The summed E-state index contributed by atoms with van der Waals surface area (Å²) in [5.41, 5.74) is 12.6. The second-order valence-corrected chi connectivity index (χ2v) is 6.78. The van der Waals surface area contributed by atoms with Gasteiger partial charge in [-0.25, -0.2) is 0 Å². The molecule has 0 heterocycles. The second-order valence-electron chi connectivity index (χ2n) is 5.26. The lowest BCUT2D eigenvalue weighted by molar-refractivity contribution is 0.419. The lowest BCUT2D eigenvalue weighted by atomic mass is 10.2. The van der Waals surface area contributed by atoms with Crippen molar-refractivity contribution >= 4 is 57.8 Å². The highest BCUT2D eigenvalue weighted by molar-refractivity contribution is 6.53. The van der Waals surface area contributed by atoms with Gasteiger partial charge in [-0.2, -0.15) is 0 Å². The van der Waals surface area contributed by atoms with E-state index in [4.69, 9.17) is 67.3 Å². The van der Waals surface area contributed by atoms with E-state index >= 15 is 0 Å². The van der Waals surface area contributed by atoms with Crippen LogP contribution in [0.1, 0.15) is 0 Å². The first-order valence-corrected chi connectivity index (χ1v) is 8.80. The van der Waals surface area contributed by atoms with E-state index in [2.05, 4.69) is 0 Å². The Labute approximate surface area is 170 Å². The van der Waals surface area contributed by atoms with Gasteiger partial charge in [-0.05, 0) is 24.3 Å². The van der Waals surface area contributed by atoms with Gasteiger partial charge < -0.3 is 20.9 Å². The number of nitrogens with two attached hydrogens (primary N) is 2. The molecule has 0 bridgehead atoms. The molecule has 0 atom stereocenters. The number of hydrogen-bond acceptors (Lipinski definition) is 4. The van der Waals surface area contributed by atoms with Gasteiger partial charge in [-0.15, -0.1) is 0 Å². The number of hydrogen-bond donors (Lipinski definition) is 2. The number of rotatable bonds is 4. The largest absolute Gasteiger partial charge is 0.452 e. The molecule has 26 heavy (non-hydrogen) atoms. The van der Waals surface area contributed by atoms with E-state index in [1.54, 1.807) is 48.5 Å². The lowest BCUT2D eigenvalue weighted by Gasteiger charge is -2.17. The van der Waals surface area contributed by atoms with Gasteiger partial charge in [0.05, 0.1) is 10.0 Å². The Balaban J connectivity index is 2.12. The molecular weight excluding hydrogens is 418 g/mol. The van der Waals surface area contributed by atoms with Gasteiger partial charge in [0.25, 0.3) is 0 Å². The average Bonchev–Trinajstić information content (AvgIpc) is 2.61. The Kier molecular flexibility index (Phi) is 5.58. The predicted molar refractivity (Wildman–Crippen MR) is 108 cm³/mol. The first-order chi connectivity index (χ1) is 12.4. The zero-order valence-electron chi connectivity index (χ0n) is 13.1. The maximum atomic E-state index is 6.33. The SMILES string of the molecule is Nc1cccc(Oc2c(Cl)c(Cl)c(Cl)c(Cl)c2Oc2cccc(N)c2)c1.